The van der Waals surface area contributed by atoms with E-state index in [1.807, 2.05) is 31.2 Å². The minimum absolute atomic E-state index is 0.0938. The van der Waals surface area contributed by atoms with Crippen LogP contribution in [0.25, 0.3) is 0 Å². The van der Waals surface area contributed by atoms with Crippen molar-refractivity contribution in [1.82, 2.24) is 0 Å². The van der Waals surface area contributed by atoms with Gasteiger partial charge in [0.05, 0.1) is 12.2 Å². The molecule has 2 rings (SSSR count). The molecule has 0 aliphatic rings. The van der Waals surface area contributed by atoms with E-state index >= 15 is 0 Å². The van der Waals surface area contributed by atoms with Crippen LogP contribution in [0.2, 0.25) is 0 Å². The van der Waals surface area contributed by atoms with Crippen molar-refractivity contribution in [2.24, 2.45) is 0 Å². The van der Waals surface area contributed by atoms with Gasteiger partial charge in [-0.1, -0.05) is 75.6 Å². The van der Waals surface area contributed by atoms with Crippen LogP contribution in [-0.2, 0) is 4.74 Å². The molecule has 0 amide bonds. The monoisotopic (exact) mass is 468 g/mol. The minimum Gasteiger partial charge on any atom is -0.396 e. The molecule has 0 fully saturated rings. The number of hydrogen-bond acceptors (Lipinski definition) is 4. The molecule has 0 saturated carbocycles. The molecule has 0 aliphatic carbocycles. The number of halogens is 1. The normalized spacial score (nSPS) is 12.1. The van der Waals surface area contributed by atoms with Gasteiger partial charge in [0, 0.05) is 25.2 Å². The smallest absolute Gasteiger partial charge is 0.0796 e. The van der Waals surface area contributed by atoms with Crippen molar-refractivity contribution in [1.29, 1.82) is 0 Å². The van der Waals surface area contributed by atoms with E-state index in [1.165, 1.54) is 16.7 Å². The molecule has 2 unspecified atom stereocenters. The molecule has 2 aromatic rings. The summed E-state index contributed by atoms with van der Waals surface area (Å²) >= 11 is 3.39. The topological polar surface area (TPSA) is 69.9 Å². The highest BCUT2D eigenvalue weighted by atomic mass is 79.9. The highest BCUT2D eigenvalue weighted by molar-refractivity contribution is 9.09. The molecule has 2 atom stereocenters. The molecule has 0 bridgehead atoms. The van der Waals surface area contributed by atoms with E-state index in [0.717, 1.165) is 23.9 Å². The van der Waals surface area contributed by atoms with Crippen LogP contribution in [-0.4, -0.2) is 40.5 Å². The van der Waals surface area contributed by atoms with Gasteiger partial charge in [-0.05, 0) is 51.7 Å². The first kappa shape index (κ1) is 27.8. The predicted octanol–water partition coefficient (Wildman–Crippen LogP) is 5.27. The summed E-state index contributed by atoms with van der Waals surface area (Å²) in [6.07, 6.45) is 1.42. The predicted molar refractivity (Wildman–Crippen MR) is 125 cm³/mol. The van der Waals surface area contributed by atoms with E-state index < -0.39 is 0 Å². The fraction of sp³-hybridized carbons (Fsp3) is 0.500. The van der Waals surface area contributed by atoms with Crippen LogP contribution >= 0.6 is 15.9 Å². The third-order valence-electron chi connectivity index (χ3n) is 4.07. The van der Waals surface area contributed by atoms with Gasteiger partial charge in [-0.25, -0.2) is 0 Å². The number of benzene rings is 2. The Hall–Kier alpha value is -1.24. The lowest BCUT2D eigenvalue weighted by Gasteiger charge is -2.13. The second-order valence-electron chi connectivity index (χ2n) is 6.85. The Bertz CT molecular complexity index is 610. The van der Waals surface area contributed by atoms with Crippen molar-refractivity contribution in [2.75, 3.05) is 25.2 Å². The van der Waals surface area contributed by atoms with E-state index in [9.17, 15) is 0 Å². The van der Waals surface area contributed by atoms with Crippen LogP contribution in [0.4, 0.5) is 0 Å². The Morgan fingerprint density at radius 2 is 1.24 bits per heavy atom. The van der Waals surface area contributed by atoms with Crippen LogP contribution < -0.4 is 0 Å². The molecule has 3 N–H and O–H groups in total. The van der Waals surface area contributed by atoms with E-state index in [0.29, 0.717) is 6.42 Å². The molecule has 0 saturated heterocycles. The van der Waals surface area contributed by atoms with Crippen LogP contribution in [0.5, 0.6) is 0 Å². The SMILES string of the molecule is Cc1ccc(C(C)O)cc1.Cc1ccc(C(C)OCCCBr)cc1.OCCCO. The molecule has 0 aromatic heterocycles. The van der Waals surface area contributed by atoms with Crippen molar-refractivity contribution in [3.8, 4) is 0 Å². The van der Waals surface area contributed by atoms with E-state index in [-0.39, 0.29) is 25.4 Å². The van der Waals surface area contributed by atoms with Crippen molar-refractivity contribution in [3.63, 3.8) is 0 Å². The summed E-state index contributed by atoms with van der Waals surface area (Å²) in [5.41, 5.74) is 4.75. The third-order valence-corrected chi connectivity index (χ3v) is 4.63. The average Bonchev–Trinajstić information content (AvgIpc) is 2.70. The van der Waals surface area contributed by atoms with E-state index in [4.69, 9.17) is 20.1 Å². The van der Waals surface area contributed by atoms with Gasteiger partial charge in [-0.15, -0.1) is 0 Å². The zero-order valence-corrected chi connectivity index (χ0v) is 19.7. The summed E-state index contributed by atoms with van der Waals surface area (Å²) in [6, 6.07) is 16.4. The second-order valence-corrected chi connectivity index (χ2v) is 7.65. The maximum absolute atomic E-state index is 9.11. The number of aryl methyl sites for hydroxylation is 2. The zero-order chi connectivity index (χ0) is 22.1. The standard InChI is InChI=1S/C12H17BrO.C9H12O.C3H8O2/c1-10-4-6-12(7-5-10)11(2)14-9-3-8-13;1-7-3-5-9(6-4-7)8(2)10;4-2-1-3-5/h4-7,11H,3,8-9H2,1-2H3;3-6,8,10H,1-2H3;4-5H,1-3H2. The number of rotatable bonds is 8. The van der Waals surface area contributed by atoms with Gasteiger partial charge in [0.25, 0.3) is 0 Å². The Morgan fingerprint density at radius 1 is 0.793 bits per heavy atom. The van der Waals surface area contributed by atoms with Crippen LogP contribution in [0.3, 0.4) is 0 Å². The first-order chi connectivity index (χ1) is 13.8. The largest absolute Gasteiger partial charge is 0.396 e. The summed E-state index contributed by atoms with van der Waals surface area (Å²) in [6.45, 7) is 9.00. The molecular formula is C24H37BrO4. The Labute approximate surface area is 184 Å². The van der Waals surface area contributed by atoms with Gasteiger partial charge in [-0.2, -0.15) is 0 Å². The highest BCUT2D eigenvalue weighted by Gasteiger charge is 2.04. The van der Waals surface area contributed by atoms with Gasteiger partial charge < -0.3 is 20.1 Å². The summed E-state index contributed by atoms with van der Waals surface area (Å²) in [4.78, 5) is 0. The summed E-state index contributed by atoms with van der Waals surface area (Å²) < 4.78 is 5.68. The lowest BCUT2D eigenvalue weighted by molar-refractivity contribution is 0.0669. The first-order valence-corrected chi connectivity index (χ1v) is 11.2. The van der Waals surface area contributed by atoms with Gasteiger partial charge in [0.2, 0.25) is 0 Å². The van der Waals surface area contributed by atoms with Gasteiger partial charge >= 0.3 is 0 Å². The molecule has 0 radical (unpaired) electrons. The van der Waals surface area contributed by atoms with E-state index in [1.54, 1.807) is 6.92 Å². The van der Waals surface area contributed by atoms with Crippen LogP contribution in [0.1, 0.15) is 61.2 Å². The molecule has 5 heteroatoms. The number of ether oxygens (including phenoxy) is 1. The number of hydrogen-bond donors (Lipinski definition) is 3. The maximum atomic E-state index is 9.11. The first-order valence-electron chi connectivity index (χ1n) is 10.1. The quantitative estimate of drug-likeness (QED) is 0.364. The molecule has 0 heterocycles. The average molecular weight is 469 g/mol. The van der Waals surface area contributed by atoms with Crippen LogP contribution in [0, 0.1) is 13.8 Å². The third kappa shape index (κ3) is 14.4. The fourth-order valence-electron chi connectivity index (χ4n) is 2.16. The van der Waals surface area contributed by atoms with Crippen molar-refractivity contribution < 1.29 is 20.1 Å². The molecule has 2 aromatic carbocycles. The van der Waals surface area contributed by atoms with Gasteiger partial charge in [0.1, 0.15) is 0 Å². The van der Waals surface area contributed by atoms with Crippen molar-refractivity contribution >= 4 is 15.9 Å². The summed E-state index contributed by atoms with van der Waals surface area (Å²) in [5, 5.41) is 25.9. The van der Waals surface area contributed by atoms with Crippen molar-refractivity contribution in [2.45, 2.75) is 52.7 Å². The molecule has 164 valence electrons. The molecule has 0 spiro atoms. The Balaban J connectivity index is 0.000000455. The van der Waals surface area contributed by atoms with E-state index in [2.05, 4.69) is 54.0 Å². The lowest BCUT2D eigenvalue weighted by Crippen LogP contribution is -2.01. The number of alkyl halides is 1. The number of aliphatic hydroxyl groups is 3. The highest BCUT2D eigenvalue weighted by Crippen LogP contribution is 2.17. The molecule has 4 nitrogen and oxygen atoms in total. The fourth-order valence-corrected chi connectivity index (χ4v) is 2.39. The van der Waals surface area contributed by atoms with Gasteiger partial charge in [0.15, 0.2) is 0 Å². The van der Waals surface area contributed by atoms with Crippen LogP contribution in [0.15, 0.2) is 48.5 Å². The summed E-state index contributed by atoms with van der Waals surface area (Å²) in [5.74, 6) is 0. The minimum atomic E-state index is -0.347. The Morgan fingerprint density at radius 3 is 1.59 bits per heavy atom. The molecule has 29 heavy (non-hydrogen) atoms. The number of aliphatic hydroxyl groups excluding tert-OH is 3. The second kappa shape index (κ2) is 17.6. The zero-order valence-electron chi connectivity index (χ0n) is 18.1. The Kier molecular flexibility index (Phi) is 16.9. The lowest BCUT2D eigenvalue weighted by atomic mass is 10.1. The van der Waals surface area contributed by atoms with Crippen molar-refractivity contribution in [3.05, 3.63) is 70.8 Å². The maximum Gasteiger partial charge on any atom is 0.0796 e. The molecular weight excluding hydrogens is 432 g/mol. The molecule has 0 aliphatic heterocycles. The van der Waals surface area contributed by atoms with Gasteiger partial charge in [-0.3, -0.25) is 0 Å². The summed E-state index contributed by atoms with van der Waals surface area (Å²) in [7, 11) is 0.